The molecule has 0 aromatic heterocycles. The van der Waals surface area contributed by atoms with Gasteiger partial charge < -0.3 is 28.3 Å². The summed E-state index contributed by atoms with van der Waals surface area (Å²) in [5.74, 6) is 0.113. The van der Waals surface area contributed by atoms with Crippen molar-refractivity contribution >= 4 is 7.82 Å². The second-order valence-corrected chi connectivity index (χ2v) is 5.83. The summed E-state index contributed by atoms with van der Waals surface area (Å²) in [7, 11) is -5.05. The number of ether oxygens (including phenoxy) is 2. The lowest BCUT2D eigenvalue weighted by atomic mass is 9.98. The normalized spacial score (nSPS) is 25.2. The van der Waals surface area contributed by atoms with Crippen LogP contribution in [0, 0.1) is 0 Å². The zero-order valence-corrected chi connectivity index (χ0v) is 11.0. The van der Waals surface area contributed by atoms with Gasteiger partial charge in [-0.2, -0.15) is 0 Å². The van der Waals surface area contributed by atoms with E-state index in [4.69, 9.17) is 9.47 Å². The number of hydrogen-bond donors (Lipinski definition) is 0. The summed E-state index contributed by atoms with van der Waals surface area (Å²) in [4.78, 5) is 21.6. The van der Waals surface area contributed by atoms with Gasteiger partial charge in [-0.15, -0.1) is 0 Å². The molecule has 2 fully saturated rings. The summed E-state index contributed by atoms with van der Waals surface area (Å²) < 4.78 is 25.7. The van der Waals surface area contributed by atoms with Crippen LogP contribution in [0.2, 0.25) is 0 Å². The smallest absolute Gasteiger partial charge is 0.127 e. The third kappa shape index (κ3) is 3.78. The molecule has 1 aromatic rings. The van der Waals surface area contributed by atoms with Crippen molar-refractivity contribution < 1.29 is 28.3 Å². The Morgan fingerprint density at radius 1 is 1.21 bits per heavy atom. The maximum absolute atomic E-state index is 10.8. The van der Waals surface area contributed by atoms with Gasteiger partial charge in [0.15, 0.2) is 0 Å². The molecule has 0 amide bonds. The largest absolute Gasteiger partial charge is 0.780 e. The van der Waals surface area contributed by atoms with E-state index in [-0.39, 0.29) is 18.0 Å². The number of phosphoric acid groups is 1. The number of phosphoric ester groups is 1. The van der Waals surface area contributed by atoms with Gasteiger partial charge in [-0.25, -0.2) is 0 Å². The molecule has 104 valence electrons. The van der Waals surface area contributed by atoms with E-state index in [0.717, 1.165) is 11.1 Å². The van der Waals surface area contributed by atoms with Gasteiger partial charge in [0.05, 0.1) is 25.4 Å². The summed E-state index contributed by atoms with van der Waals surface area (Å²) >= 11 is 0. The summed E-state index contributed by atoms with van der Waals surface area (Å²) in [6.45, 7) is 1.37. The number of hydrogen-bond acceptors (Lipinski definition) is 6. The lowest BCUT2D eigenvalue weighted by Crippen LogP contribution is -2.19. The van der Waals surface area contributed by atoms with Gasteiger partial charge in [-0.3, -0.25) is 0 Å². The molecule has 2 saturated heterocycles. The molecule has 0 bridgehead atoms. The van der Waals surface area contributed by atoms with E-state index < -0.39 is 7.82 Å². The van der Waals surface area contributed by atoms with E-state index in [9.17, 15) is 14.4 Å². The topological polar surface area (TPSA) is 97.5 Å². The van der Waals surface area contributed by atoms with Gasteiger partial charge >= 0.3 is 0 Å². The Hall–Kier alpha value is -0.910. The SMILES string of the molecule is O=P([O-])([O-])Oc1cccc(CC2CO2)c1CC1CO1. The van der Waals surface area contributed by atoms with Crippen LogP contribution in [0.1, 0.15) is 11.1 Å². The minimum absolute atomic E-state index is 0.0845. The van der Waals surface area contributed by atoms with Crippen molar-refractivity contribution in [1.29, 1.82) is 0 Å². The Kier molecular flexibility index (Phi) is 3.37. The fourth-order valence-corrected chi connectivity index (χ4v) is 2.50. The van der Waals surface area contributed by atoms with Crippen molar-refractivity contribution in [2.45, 2.75) is 25.0 Å². The minimum atomic E-state index is -5.05. The van der Waals surface area contributed by atoms with Gasteiger partial charge in [0.25, 0.3) is 0 Å². The summed E-state index contributed by atoms with van der Waals surface area (Å²) in [5, 5.41) is 0. The third-order valence-electron chi connectivity index (χ3n) is 3.12. The van der Waals surface area contributed by atoms with Gasteiger partial charge in [0.2, 0.25) is 0 Å². The van der Waals surface area contributed by atoms with Crippen LogP contribution in [-0.4, -0.2) is 25.4 Å². The molecule has 2 atom stereocenters. The molecule has 0 saturated carbocycles. The molecule has 6 nitrogen and oxygen atoms in total. The second-order valence-electron chi connectivity index (χ2n) is 4.75. The molecule has 19 heavy (non-hydrogen) atoms. The lowest BCUT2D eigenvalue weighted by Gasteiger charge is -2.30. The van der Waals surface area contributed by atoms with Crippen molar-refractivity contribution in [2.75, 3.05) is 13.2 Å². The average Bonchev–Trinajstić information content (AvgIpc) is 3.15. The van der Waals surface area contributed by atoms with E-state index in [1.165, 1.54) is 6.07 Å². The van der Waals surface area contributed by atoms with E-state index in [0.29, 0.717) is 26.1 Å². The molecular formula is C12H13O6P-2. The van der Waals surface area contributed by atoms with Crippen LogP contribution in [0.3, 0.4) is 0 Å². The van der Waals surface area contributed by atoms with E-state index in [1.807, 2.05) is 6.07 Å². The molecule has 0 N–H and O–H groups in total. The van der Waals surface area contributed by atoms with Gasteiger partial charge in [0, 0.05) is 18.4 Å². The number of benzene rings is 1. The van der Waals surface area contributed by atoms with Crippen LogP contribution in [0.5, 0.6) is 5.75 Å². The fourth-order valence-electron chi connectivity index (χ4n) is 2.08. The van der Waals surface area contributed by atoms with Gasteiger partial charge in [-0.1, -0.05) is 12.1 Å². The second kappa shape index (κ2) is 4.89. The molecular weight excluding hydrogens is 271 g/mol. The molecule has 2 aliphatic heterocycles. The molecule has 2 aliphatic rings. The maximum Gasteiger partial charge on any atom is 0.127 e. The Bertz CT molecular complexity index is 517. The zero-order chi connectivity index (χ0) is 13.5. The molecule has 2 heterocycles. The highest BCUT2D eigenvalue weighted by molar-refractivity contribution is 7.43. The fraction of sp³-hybridized carbons (Fsp3) is 0.500. The van der Waals surface area contributed by atoms with Crippen molar-refractivity contribution in [2.24, 2.45) is 0 Å². The maximum atomic E-state index is 10.8. The van der Waals surface area contributed by atoms with Gasteiger partial charge in [-0.05, 0) is 11.6 Å². The molecule has 0 spiro atoms. The highest BCUT2D eigenvalue weighted by Crippen LogP contribution is 2.36. The summed E-state index contributed by atoms with van der Waals surface area (Å²) in [6, 6.07) is 5.07. The molecule has 0 radical (unpaired) electrons. The zero-order valence-electron chi connectivity index (χ0n) is 10.1. The predicted molar refractivity (Wildman–Crippen MR) is 61.6 cm³/mol. The third-order valence-corrected chi connectivity index (χ3v) is 3.54. The van der Waals surface area contributed by atoms with E-state index in [1.54, 1.807) is 6.07 Å². The number of rotatable bonds is 6. The van der Waals surface area contributed by atoms with E-state index in [2.05, 4.69) is 4.52 Å². The Morgan fingerprint density at radius 3 is 2.42 bits per heavy atom. The van der Waals surface area contributed by atoms with Gasteiger partial charge in [0.1, 0.15) is 13.6 Å². The molecule has 2 unspecified atom stereocenters. The quantitative estimate of drug-likeness (QED) is 0.529. The van der Waals surface area contributed by atoms with Crippen molar-refractivity contribution in [1.82, 2.24) is 0 Å². The first-order valence-corrected chi connectivity index (χ1v) is 7.53. The molecule has 1 aromatic carbocycles. The molecule has 0 aliphatic carbocycles. The van der Waals surface area contributed by atoms with Crippen molar-refractivity contribution in [3.8, 4) is 5.75 Å². The molecule has 3 rings (SSSR count). The average molecular weight is 284 g/mol. The van der Waals surface area contributed by atoms with Crippen LogP contribution in [0.4, 0.5) is 0 Å². The summed E-state index contributed by atoms with van der Waals surface area (Å²) in [6.07, 6.45) is 1.51. The Balaban J connectivity index is 1.88. The van der Waals surface area contributed by atoms with Crippen LogP contribution >= 0.6 is 7.82 Å². The standard InChI is InChI=1S/C12H15O6P/c13-19(14,15)18-12-3-1-2-8(4-9-6-16-9)11(12)5-10-7-17-10/h1-3,9-10H,4-7H2,(H2,13,14,15)/p-2. The van der Waals surface area contributed by atoms with Crippen LogP contribution in [0.25, 0.3) is 0 Å². The highest BCUT2D eigenvalue weighted by Gasteiger charge is 2.29. The van der Waals surface area contributed by atoms with Crippen molar-refractivity contribution in [3.63, 3.8) is 0 Å². The summed E-state index contributed by atoms with van der Waals surface area (Å²) in [5.41, 5.74) is 1.68. The first-order valence-electron chi connectivity index (χ1n) is 6.07. The predicted octanol–water partition coefficient (Wildman–Crippen LogP) is -0.223. The van der Waals surface area contributed by atoms with Crippen molar-refractivity contribution in [3.05, 3.63) is 29.3 Å². The Labute approximate surface area is 110 Å². The minimum Gasteiger partial charge on any atom is -0.780 e. The highest BCUT2D eigenvalue weighted by atomic mass is 31.2. The first-order chi connectivity index (χ1) is 9.01. The van der Waals surface area contributed by atoms with E-state index >= 15 is 0 Å². The molecule has 7 heteroatoms. The van der Waals surface area contributed by atoms with Crippen LogP contribution < -0.4 is 14.3 Å². The van der Waals surface area contributed by atoms with Crippen LogP contribution in [0.15, 0.2) is 18.2 Å². The monoisotopic (exact) mass is 284 g/mol. The lowest BCUT2D eigenvalue weighted by molar-refractivity contribution is -0.333. The number of epoxide rings is 2. The van der Waals surface area contributed by atoms with Crippen LogP contribution in [-0.2, 0) is 26.9 Å². The first kappa shape index (κ1) is 13.1. The Morgan fingerprint density at radius 2 is 1.84 bits per heavy atom.